The Morgan fingerprint density at radius 2 is 1.79 bits per heavy atom. The average molecular weight is 541 g/mol. The van der Waals surface area contributed by atoms with Crippen molar-refractivity contribution >= 4 is 55.2 Å². The van der Waals surface area contributed by atoms with Gasteiger partial charge in [-0.1, -0.05) is 27.5 Å². The fourth-order valence-corrected chi connectivity index (χ4v) is 6.19. The number of amides is 1. The summed E-state index contributed by atoms with van der Waals surface area (Å²) < 4.78 is 2.00. The smallest absolute Gasteiger partial charge is 0.289 e. The molecule has 4 rings (SSSR count). The van der Waals surface area contributed by atoms with Crippen LogP contribution in [0.3, 0.4) is 0 Å². The summed E-state index contributed by atoms with van der Waals surface area (Å²) in [5.41, 5.74) is 4.89. The number of carbonyl (C=O) groups is 2. The first kappa shape index (κ1) is 21.0. The molecule has 2 aliphatic rings. The van der Waals surface area contributed by atoms with Gasteiger partial charge in [-0.05, 0) is 82.4 Å². The molecule has 1 aromatic heterocycles. The molecular formula is C22H21Br2ClN2O2. The van der Waals surface area contributed by atoms with Crippen molar-refractivity contribution in [1.29, 1.82) is 0 Å². The molecule has 1 atom stereocenters. The van der Waals surface area contributed by atoms with Crippen LogP contribution in [0.15, 0.2) is 33.3 Å². The number of halogens is 3. The minimum atomic E-state index is -0.391. The summed E-state index contributed by atoms with van der Waals surface area (Å²) in [6.07, 6.45) is 5.39. The van der Waals surface area contributed by atoms with Crippen molar-refractivity contribution in [3.05, 3.63) is 60.7 Å². The van der Waals surface area contributed by atoms with Crippen LogP contribution in [0, 0.1) is 5.92 Å². The summed E-state index contributed by atoms with van der Waals surface area (Å²) in [5, 5.41) is 0.733. The van der Waals surface area contributed by atoms with Crippen molar-refractivity contribution < 1.29 is 9.59 Å². The van der Waals surface area contributed by atoms with E-state index >= 15 is 0 Å². The molecule has 152 valence electrons. The summed E-state index contributed by atoms with van der Waals surface area (Å²) in [6, 6.07) is 6.21. The summed E-state index contributed by atoms with van der Waals surface area (Å²) in [4.78, 5) is 30.1. The molecule has 0 bridgehead atoms. The number of nitrogens with zero attached hydrogens (tertiary/aromatic N) is 2. The van der Waals surface area contributed by atoms with E-state index in [1.165, 1.54) is 23.6 Å². The van der Waals surface area contributed by atoms with Crippen LogP contribution in [0.1, 0.15) is 48.1 Å². The molecule has 2 heterocycles. The maximum absolute atomic E-state index is 12.1. The number of ketones is 1. The van der Waals surface area contributed by atoms with Crippen LogP contribution in [0.25, 0.3) is 0 Å². The number of carbonyl (C=O) groups excluding carboxylic acids is 2. The highest BCUT2D eigenvalue weighted by molar-refractivity contribution is 9.10. The van der Waals surface area contributed by atoms with Crippen molar-refractivity contribution in [2.75, 3.05) is 13.1 Å². The zero-order chi connectivity index (χ0) is 20.7. The number of hydrogen-bond donors (Lipinski definition) is 0. The number of piperidine rings is 1. The molecular weight excluding hydrogens is 520 g/mol. The number of aromatic nitrogens is 1. The van der Waals surface area contributed by atoms with Crippen LogP contribution in [-0.2, 0) is 22.4 Å². The SMILES string of the molecule is CC(=O)C(=O)N1CCC([C@H]2c3ncc(Br)cc3CCc3cc(Cl)cc(Br)c32)CC1. The Balaban J connectivity index is 1.74. The Morgan fingerprint density at radius 1 is 1.10 bits per heavy atom. The third-order valence-corrected chi connectivity index (χ3v) is 7.32. The number of pyridine rings is 1. The highest BCUT2D eigenvalue weighted by atomic mass is 79.9. The molecule has 1 aliphatic heterocycles. The van der Waals surface area contributed by atoms with Crippen LogP contribution in [-0.4, -0.2) is 34.7 Å². The predicted molar refractivity (Wildman–Crippen MR) is 120 cm³/mol. The molecule has 1 amide bonds. The first-order valence-corrected chi connectivity index (χ1v) is 11.7. The van der Waals surface area contributed by atoms with Gasteiger partial charge in [0, 0.05) is 46.1 Å². The largest absolute Gasteiger partial charge is 0.336 e. The summed E-state index contributed by atoms with van der Waals surface area (Å²) in [6.45, 7) is 2.55. The van der Waals surface area contributed by atoms with Gasteiger partial charge in [0.05, 0.1) is 5.69 Å². The van der Waals surface area contributed by atoms with Crippen LogP contribution >= 0.6 is 43.5 Å². The van der Waals surface area contributed by atoms with E-state index in [0.29, 0.717) is 19.0 Å². The monoisotopic (exact) mass is 538 g/mol. The predicted octanol–water partition coefficient (Wildman–Crippen LogP) is 5.32. The van der Waals surface area contributed by atoms with Gasteiger partial charge in [0.15, 0.2) is 0 Å². The Bertz CT molecular complexity index is 987. The minimum absolute atomic E-state index is 0.136. The Labute approximate surface area is 192 Å². The lowest BCUT2D eigenvalue weighted by atomic mass is 9.76. The van der Waals surface area contributed by atoms with Gasteiger partial charge in [0.25, 0.3) is 5.91 Å². The molecule has 1 saturated heterocycles. The third kappa shape index (κ3) is 4.17. The maximum Gasteiger partial charge on any atom is 0.289 e. The van der Waals surface area contributed by atoms with Crippen molar-refractivity contribution in [2.45, 2.75) is 38.5 Å². The molecule has 1 aromatic carbocycles. The average Bonchev–Trinajstić information content (AvgIpc) is 2.84. The molecule has 0 unspecified atom stereocenters. The van der Waals surface area contributed by atoms with Gasteiger partial charge in [-0.15, -0.1) is 0 Å². The van der Waals surface area contributed by atoms with E-state index in [2.05, 4.69) is 44.0 Å². The van der Waals surface area contributed by atoms with Crippen molar-refractivity contribution in [1.82, 2.24) is 9.88 Å². The second-order valence-electron chi connectivity index (χ2n) is 7.82. The standard InChI is InChI=1S/C22H21Br2ClN2O2/c1-12(28)22(29)27-6-4-13(5-7-27)20-19-14(9-17(25)10-18(19)24)2-3-15-8-16(23)11-26-21(15)20/h8-11,13,20H,2-7H2,1H3/t20-/m1/s1. The zero-order valence-electron chi connectivity index (χ0n) is 16.1. The van der Waals surface area contributed by atoms with Gasteiger partial charge < -0.3 is 4.90 Å². The highest BCUT2D eigenvalue weighted by Crippen LogP contribution is 2.46. The molecule has 7 heteroatoms. The van der Waals surface area contributed by atoms with Gasteiger partial charge in [0.2, 0.25) is 5.78 Å². The third-order valence-electron chi connectivity index (χ3n) is 6.02. The first-order chi connectivity index (χ1) is 13.8. The van der Waals surface area contributed by atoms with E-state index in [0.717, 1.165) is 45.3 Å². The first-order valence-electron chi connectivity index (χ1n) is 9.77. The second-order valence-corrected chi connectivity index (χ2v) is 10.0. The fourth-order valence-electron chi connectivity index (χ4n) is 4.69. The van der Waals surface area contributed by atoms with Crippen LogP contribution in [0.5, 0.6) is 0 Å². The van der Waals surface area contributed by atoms with Crippen molar-refractivity contribution in [2.24, 2.45) is 5.92 Å². The molecule has 1 fully saturated rings. The van der Waals surface area contributed by atoms with Crippen LogP contribution in [0.4, 0.5) is 0 Å². The lowest BCUT2D eigenvalue weighted by molar-refractivity contribution is -0.144. The number of benzene rings is 1. The highest BCUT2D eigenvalue weighted by Gasteiger charge is 2.36. The Morgan fingerprint density at radius 3 is 2.48 bits per heavy atom. The number of rotatable bonds is 2. The van der Waals surface area contributed by atoms with E-state index in [1.807, 2.05) is 12.3 Å². The topological polar surface area (TPSA) is 50.3 Å². The van der Waals surface area contributed by atoms with Crippen LogP contribution < -0.4 is 0 Å². The lowest BCUT2D eigenvalue weighted by Crippen LogP contribution is -2.42. The normalized spacial score (nSPS) is 19.3. The lowest BCUT2D eigenvalue weighted by Gasteiger charge is -2.36. The van der Waals surface area contributed by atoms with E-state index in [9.17, 15) is 9.59 Å². The quantitative estimate of drug-likeness (QED) is 0.485. The van der Waals surface area contributed by atoms with Crippen LogP contribution in [0.2, 0.25) is 5.02 Å². The Hall–Kier alpha value is -1.24. The molecule has 0 saturated carbocycles. The summed E-state index contributed by atoms with van der Waals surface area (Å²) >= 11 is 13.7. The molecule has 0 radical (unpaired) electrons. The minimum Gasteiger partial charge on any atom is -0.336 e. The number of likely N-dealkylation sites (tertiary alicyclic amines) is 1. The van der Waals surface area contributed by atoms with Crippen molar-refractivity contribution in [3.63, 3.8) is 0 Å². The Kier molecular flexibility index (Phi) is 6.14. The van der Waals surface area contributed by atoms with Crippen molar-refractivity contribution in [3.8, 4) is 0 Å². The van der Waals surface area contributed by atoms with Gasteiger partial charge >= 0.3 is 0 Å². The fraction of sp³-hybridized carbons (Fsp3) is 0.409. The van der Waals surface area contributed by atoms with E-state index in [4.69, 9.17) is 16.6 Å². The number of aryl methyl sites for hydroxylation is 2. The van der Waals surface area contributed by atoms with E-state index < -0.39 is 5.78 Å². The van der Waals surface area contributed by atoms with Gasteiger partial charge in [-0.2, -0.15) is 0 Å². The molecule has 29 heavy (non-hydrogen) atoms. The molecule has 0 spiro atoms. The maximum atomic E-state index is 12.1. The van der Waals surface area contributed by atoms with Gasteiger partial charge in [-0.3, -0.25) is 14.6 Å². The molecule has 0 N–H and O–H groups in total. The zero-order valence-corrected chi connectivity index (χ0v) is 20.0. The summed E-state index contributed by atoms with van der Waals surface area (Å²) in [7, 11) is 0. The molecule has 4 nitrogen and oxygen atoms in total. The molecule has 1 aliphatic carbocycles. The van der Waals surface area contributed by atoms with Gasteiger partial charge in [0.1, 0.15) is 0 Å². The second kappa shape index (κ2) is 8.48. The molecule has 2 aromatic rings. The van der Waals surface area contributed by atoms with E-state index in [1.54, 1.807) is 4.90 Å². The van der Waals surface area contributed by atoms with E-state index in [-0.39, 0.29) is 11.8 Å². The van der Waals surface area contributed by atoms with Gasteiger partial charge in [-0.25, -0.2) is 0 Å². The summed E-state index contributed by atoms with van der Waals surface area (Å²) in [5.74, 6) is -0.290. The number of Topliss-reactive ketones (excluding diaryl/α,β-unsaturated/α-hetero) is 1. The number of hydrogen-bond acceptors (Lipinski definition) is 3. The number of fused-ring (bicyclic) bond motifs is 2.